The van der Waals surface area contributed by atoms with E-state index in [9.17, 15) is 4.79 Å². The van der Waals surface area contributed by atoms with E-state index in [0.717, 1.165) is 33.1 Å². The lowest BCUT2D eigenvalue weighted by molar-refractivity contribution is 0.103. The second-order valence-electron chi connectivity index (χ2n) is 8.16. The van der Waals surface area contributed by atoms with E-state index in [4.69, 9.17) is 0 Å². The monoisotopic (exact) mass is 410 g/mol. The van der Waals surface area contributed by atoms with Gasteiger partial charge < -0.3 is 0 Å². The zero-order valence-corrected chi connectivity index (χ0v) is 18.2. The predicted octanol–water partition coefficient (Wildman–Crippen LogP) is 7.27. The van der Waals surface area contributed by atoms with Gasteiger partial charge in [-0.05, 0) is 36.8 Å². The average molecular weight is 411 g/mol. The fraction of sp³-hybridized carbons (Fsp3) is 0.480. The fourth-order valence-corrected chi connectivity index (χ4v) is 6.78. The Kier molecular flexibility index (Phi) is 7.20. The third kappa shape index (κ3) is 5.45. The molecule has 4 rings (SSSR count). The van der Waals surface area contributed by atoms with Crippen molar-refractivity contribution in [3.63, 3.8) is 0 Å². The van der Waals surface area contributed by atoms with Crippen LogP contribution in [-0.2, 0) is 11.5 Å². The van der Waals surface area contributed by atoms with Gasteiger partial charge in [0.15, 0.2) is 5.78 Å². The van der Waals surface area contributed by atoms with Crippen LogP contribution in [0.1, 0.15) is 78.4 Å². The zero-order valence-electron chi connectivity index (χ0n) is 16.6. The second kappa shape index (κ2) is 10.0. The van der Waals surface area contributed by atoms with Crippen LogP contribution in [0.3, 0.4) is 0 Å². The molecule has 0 heterocycles. The molecule has 0 bridgehead atoms. The molecule has 0 unspecified atom stereocenters. The highest BCUT2D eigenvalue weighted by Crippen LogP contribution is 2.32. The molecule has 2 aromatic rings. The summed E-state index contributed by atoms with van der Waals surface area (Å²) in [5.74, 6) is 2.25. The first-order valence-electron chi connectivity index (χ1n) is 10.7. The summed E-state index contributed by atoms with van der Waals surface area (Å²) in [5.41, 5.74) is 4.24. The van der Waals surface area contributed by atoms with Crippen LogP contribution in [0.4, 0.5) is 0 Å². The van der Waals surface area contributed by atoms with Crippen molar-refractivity contribution in [2.24, 2.45) is 0 Å². The molecule has 0 radical (unpaired) electrons. The van der Waals surface area contributed by atoms with Crippen molar-refractivity contribution in [2.45, 2.75) is 73.4 Å². The van der Waals surface area contributed by atoms with Crippen LogP contribution in [0, 0.1) is 0 Å². The summed E-state index contributed by atoms with van der Waals surface area (Å²) < 4.78 is 0. The summed E-state index contributed by atoms with van der Waals surface area (Å²) in [6.07, 6.45) is 11.1. The SMILES string of the molecule is O=C(c1ccc(CSC2CCCC2)cc1)c1ccc(CSC2CCCC2)cc1. The maximum absolute atomic E-state index is 12.8. The molecule has 0 aliphatic heterocycles. The van der Waals surface area contributed by atoms with E-state index in [-0.39, 0.29) is 5.78 Å². The number of hydrogen-bond donors (Lipinski definition) is 0. The second-order valence-corrected chi connectivity index (χ2v) is 10.7. The van der Waals surface area contributed by atoms with E-state index in [1.165, 1.54) is 62.5 Å². The smallest absolute Gasteiger partial charge is 0.193 e. The normalized spacial score (nSPS) is 18.0. The van der Waals surface area contributed by atoms with E-state index >= 15 is 0 Å². The molecule has 0 saturated heterocycles. The number of benzene rings is 2. The van der Waals surface area contributed by atoms with Crippen molar-refractivity contribution in [1.29, 1.82) is 0 Å². The number of carbonyl (C=O) groups is 1. The number of hydrogen-bond acceptors (Lipinski definition) is 3. The minimum Gasteiger partial charge on any atom is -0.289 e. The lowest BCUT2D eigenvalue weighted by Crippen LogP contribution is -2.02. The third-order valence-corrected chi connectivity index (χ3v) is 8.89. The Bertz CT molecular complexity index is 689. The molecule has 0 atom stereocenters. The van der Waals surface area contributed by atoms with Gasteiger partial charge in [0.1, 0.15) is 0 Å². The van der Waals surface area contributed by atoms with Crippen LogP contribution in [-0.4, -0.2) is 16.3 Å². The molecule has 3 heteroatoms. The quantitative estimate of drug-likeness (QED) is 0.426. The molecule has 0 aromatic heterocycles. The Balaban J connectivity index is 1.30. The first-order valence-corrected chi connectivity index (χ1v) is 12.8. The highest BCUT2D eigenvalue weighted by molar-refractivity contribution is 7.99. The van der Waals surface area contributed by atoms with Crippen molar-refractivity contribution in [1.82, 2.24) is 0 Å². The van der Waals surface area contributed by atoms with E-state index in [1.807, 2.05) is 24.3 Å². The van der Waals surface area contributed by atoms with E-state index in [2.05, 4.69) is 47.8 Å². The minimum absolute atomic E-state index is 0.130. The Hall–Kier alpha value is -1.19. The van der Waals surface area contributed by atoms with E-state index < -0.39 is 0 Å². The van der Waals surface area contributed by atoms with Gasteiger partial charge in [-0.3, -0.25) is 4.79 Å². The van der Waals surface area contributed by atoms with E-state index in [0.29, 0.717) is 0 Å². The third-order valence-electron chi connectivity index (χ3n) is 6.01. The van der Waals surface area contributed by atoms with Gasteiger partial charge in [0.05, 0.1) is 0 Å². The van der Waals surface area contributed by atoms with Crippen molar-refractivity contribution in [3.05, 3.63) is 70.8 Å². The van der Waals surface area contributed by atoms with Crippen LogP contribution in [0.15, 0.2) is 48.5 Å². The molecule has 2 fully saturated rings. The number of rotatable bonds is 8. The molecule has 2 aromatic carbocycles. The van der Waals surface area contributed by atoms with Crippen molar-refractivity contribution in [2.75, 3.05) is 0 Å². The number of ketones is 1. The summed E-state index contributed by atoms with van der Waals surface area (Å²) in [6.45, 7) is 0. The van der Waals surface area contributed by atoms with Crippen LogP contribution in [0.25, 0.3) is 0 Å². The number of thioether (sulfide) groups is 2. The summed E-state index contributed by atoms with van der Waals surface area (Å²) in [6, 6.07) is 16.5. The van der Waals surface area contributed by atoms with Crippen LogP contribution in [0.2, 0.25) is 0 Å². The predicted molar refractivity (Wildman–Crippen MR) is 123 cm³/mol. The van der Waals surface area contributed by atoms with Crippen LogP contribution >= 0.6 is 23.5 Å². The molecule has 148 valence electrons. The summed E-state index contributed by atoms with van der Waals surface area (Å²) in [4.78, 5) is 12.8. The first-order chi connectivity index (χ1) is 13.8. The van der Waals surface area contributed by atoms with Gasteiger partial charge in [-0.2, -0.15) is 23.5 Å². The Morgan fingerprint density at radius 3 is 1.36 bits per heavy atom. The fourth-order valence-electron chi connectivity index (χ4n) is 4.21. The number of carbonyl (C=O) groups excluding carboxylic acids is 1. The van der Waals surface area contributed by atoms with Gasteiger partial charge in [0, 0.05) is 33.1 Å². The largest absolute Gasteiger partial charge is 0.289 e. The molecule has 0 spiro atoms. The van der Waals surface area contributed by atoms with Gasteiger partial charge in [-0.15, -0.1) is 0 Å². The molecular formula is C25H30OS2. The molecule has 0 N–H and O–H groups in total. The van der Waals surface area contributed by atoms with Gasteiger partial charge in [-0.25, -0.2) is 0 Å². The molecule has 2 saturated carbocycles. The van der Waals surface area contributed by atoms with Gasteiger partial charge in [-0.1, -0.05) is 74.2 Å². The molecule has 2 aliphatic carbocycles. The average Bonchev–Trinajstić information content (AvgIpc) is 3.45. The topological polar surface area (TPSA) is 17.1 Å². The van der Waals surface area contributed by atoms with Crippen LogP contribution in [0.5, 0.6) is 0 Å². The van der Waals surface area contributed by atoms with Crippen molar-refractivity contribution < 1.29 is 4.79 Å². The maximum Gasteiger partial charge on any atom is 0.193 e. The highest BCUT2D eigenvalue weighted by Gasteiger charge is 2.16. The standard InChI is InChI=1S/C25H30OS2/c26-25(21-13-9-19(10-14-21)17-27-23-5-1-2-6-23)22-15-11-20(12-16-22)18-28-24-7-3-4-8-24/h9-16,23-24H,1-8,17-18H2. The lowest BCUT2D eigenvalue weighted by atomic mass is 10.0. The van der Waals surface area contributed by atoms with Crippen molar-refractivity contribution >= 4 is 29.3 Å². The van der Waals surface area contributed by atoms with E-state index in [1.54, 1.807) is 0 Å². The molecular weight excluding hydrogens is 380 g/mol. The molecule has 2 aliphatic rings. The van der Waals surface area contributed by atoms with Gasteiger partial charge >= 0.3 is 0 Å². The molecule has 0 amide bonds. The highest BCUT2D eigenvalue weighted by atomic mass is 32.2. The zero-order chi connectivity index (χ0) is 19.2. The minimum atomic E-state index is 0.130. The Labute approximate surface area is 178 Å². The first kappa shape index (κ1) is 20.1. The Morgan fingerprint density at radius 2 is 1.00 bits per heavy atom. The lowest BCUT2D eigenvalue weighted by Gasteiger charge is -2.10. The van der Waals surface area contributed by atoms with Gasteiger partial charge in [0.2, 0.25) is 0 Å². The van der Waals surface area contributed by atoms with Gasteiger partial charge in [0.25, 0.3) is 0 Å². The summed E-state index contributed by atoms with van der Waals surface area (Å²) in [7, 11) is 0. The Morgan fingerprint density at radius 1 is 0.643 bits per heavy atom. The maximum atomic E-state index is 12.8. The molecule has 1 nitrogen and oxygen atoms in total. The van der Waals surface area contributed by atoms with Crippen LogP contribution < -0.4 is 0 Å². The summed E-state index contributed by atoms with van der Waals surface area (Å²) in [5, 5.41) is 1.68. The molecule has 28 heavy (non-hydrogen) atoms. The van der Waals surface area contributed by atoms with Crippen molar-refractivity contribution in [3.8, 4) is 0 Å². The summed E-state index contributed by atoms with van der Waals surface area (Å²) >= 11 is 4.15.